The molecule has 1 fully saturated rings. The van der Waals surface area contributed by atoms with E-state index in [1.54, 1.807) is 0 Å². The molecule has 1 aromatic carbocycles. The number of carbonyl (C=O) groups is 2. The quantitative estimate of drug-likeness (QED) is 0.831. The van der Waals surface area contributed by atoms with Crippen molar-refractivity contribution < 1.29 is 27.9 Å². The van der Waals surface area contributed by atoms with Crippen molar-refractivity contribution in [1.29, 1.82) is 0 Å². The van der Waals surface area contributed by atoms with Gasteiger partial charge in [0.15, 0.2) is 0 Å². The van der Waals surface area contributed by atoms with Crippen LogP contribution in [0.4, 0.5) is 18.9 Å². The van der Waals surface area contributed by atoms with E-state index < -0.39 is 34.7 Å². The molecule has 2 rings (SSSR count). The van der Waals surface area contributed by atoms with Crippen LogP contribution in [0.3, 0.4) is 0 Å². The number of carboxylic acid groups (broad SMARTS) is 1. The van der Waals surface area contributed by atoms with Gasteiger partial charge in [0.25, 0.3) is 0 Å². The number of nitrogens with one attached hydrogen (secondary N) is 1. The molecule has 0 bridgehead atoms. The number of aliphatic carboxylic acids is 1. The molecule has 0 spiro atoms. The smallest absolute Gasteiger partial charge is 0.418 e. The third-order valence-electron chi connectivity index (χ3n) is 3.07. The van der Waals surface area contributed by atoms with Crippen LogP contribution in [0, 0.1) is 5.41 Å². The lowest BCUT2D eigenvalue weighted by atomic mass is 10.1. The van der Waals surface area contributed by atoms with E-state index in [0.717, 1.165) is 12.1 Å². The van der Waals surface area contributed by atoms with Crippen LogP contribution in [0.15, 0.2) is 24.3 Å². The third-order valence-corrected chi connectivity index (χ3v) is 3.07. The summed E-state index contributed by atoms with van der Waals surface area (Å²) >= 11 is 0. The lowest BCUT2D eigenvalue weighted by Gasteiger charge is -2.15. The Bertz CT molecular complexity index is 535. The molecule has 19 heavy (non-hydrogen) atoms. The summed E-state index contributed by atoms with van der Waals surface area (Å²) in [5.41, 5.74) is -2.99. The maximum atomic E-state index is 12.7. The van der Waals surface area contributed by atoms with E-state index >= 15 is 0 Å². The Morgan fingerprint density at radius 1 is 1.21 bits per heavy atom. The fraction of sp³-hybridized carbons (Fsp3) is 0.333. The van der Waals surface area contributed by atoms with Gasteiger partial charge in [0, 0.05) is 0 Å². The first-order chi connectivity index (χ1) is 8.77. The predicted molar refractivity (Wildman–Crippen MR) is 59.4 cm³/mol. The SMILES string of the molecule is O=C(O)C1(C(=O)Nc2ccccc2C(F)(F)F)CC1. The molecule has 1 aromatic rings. The lowest BCUT2D eigenvalue weighted by molar-refractivity contribution is -0.147. The van der Waals surface area contributed by atoms with Crippen LogP contribution in [-0.2, 0) is 15.8 Å². The molecule has 1 aliphatic carbocycles. The average Bonchev–Trinajstić information content (AvgIpc) is 3.09. The van der Waals surface area contributed by atoms with Crippen molar-refractivity contribution in [2.24, 2.45) is 5.41 Å². The number of amides is 1. The second kappa shape index (κ2) is 4.25. The van der Waals surface area contributed by atoms with Gasteiger partial charge in [-0.05, 0) is 25.0 Å². The highest BCUT2D eigenvalue weighted by molar-refractivity contribution is 6.11. The molecule has 1 amide bonds. The molecule has 1 saturated carbocycles. The second-order valence-corrected chi connectivity index (χ2v) is 4.38. The zero-order valence-corrected chi connectivity index (χ0v) is 9.62. The van der Waals surface area contributed by atoms with Gasteiger partial charge < -0.3 is 10.4 Å². The summed E-state index contributed by atoms with van der Waals surface area (Å²) < 4.78 is 38.1. The monoisotopic (exact) mass is 273 g/mol. The Morgan fingerprint density at radius 2 is 1.79 bits per heavy atom. The summed E-state index contributed by atoms with van der Waals surface area (Å²) in [6.45, 7) is 0. The zero-order valence-electron chi connectivity index (χ0n) is 9.62. The summed E-state index contributed by atoms with van der Waals surface area (Å²) in [7, 11) is 0. The normalized spacial score (nSPS) is 16.8. The van der Waals surface area contributed by atoms with Crippen molar-refractivity contribution in [3.8, 4) is 0 Å². The number of carboxylic acids is 1. The van der Waals surface area contributed by atoms with Gasteiger partial charge in [0.2, 0.25) is 5.91 Å². The molecule has 0 heterocycles. The van der Waals surface area contributed by atoms with E-state index in [9.17, 15) is 22.8 Å². The number of hydrogen-bond donors (Lipinski definition) is 2. The Morgan fingerprint density at radius 3 is 2.26 bits per heavy atom. The van der Waals surface area contributed by atoms with E-state index in [2.05, 4.69) is 5.32 Å². The number of halogens is 3. The number of para-hydroxylation sites is 1. The number of alkyl halides is 3. The predicted octanol–water partition coefficient (Wildman–Crippen LogP) is 2.51. The molecule has 0 saturated heterocycles. The van der Waals surface area contributed by atoms with Gasteiger partial charge in [-0.3, -0.25) is 9.59 Å². The maximum Gasteiger partial charge on any atom is 0.418 e. The van der Waals surface area contributed by atoms with Gasteiger partial charge >= 0.3 is 12.1 Å². The number of hydrogen-bond acceptors (Lipinski definition) is 2. The van der Waals surface area contributed by atoms with Gasteiger partial charge in [0.05, 0.1) is 11.3 Å². The number of anilines is 1. The molecule has 7 heteroatoms. The van der Waals surface area contributed by atoms with E-state index in [1.807, 2.05) is 0 Å². The number of rotatable bonds is 3. The minimum absolute atomic E-state index is 0.141. The van der Waals surface area contributed by atoms with Gasteiger partial charge in [-0.2, -0.15) is 13.2 Å². The molecular formula is C12H10F3NO3. The van der Waals surface area contributed by atoms with Crippen molar-refractivity contribution in [3.05, 3.63) is 29.8 Å². The minimum Gasteiger partial charge on any atom is -0.480 e. The third kappa shape index (κ3) is 2.40. The first-order valence-corrected chi connectivity index (χ1v) is 5.48. The molecule has 0 radical (unpaired) electrons. The molecule has 0 atom stereocenters. The fourth-order valence-electron chi connectivity index (χ4n) is 1.74. The largest absolute Gasteiger partial charge is 0.480 e. The summed E-state index contributed by atoms with van der Waals surface area (Å²) in [4.78, 5) is 22.7. The van der Waals surface area contributed by atoms with Crippen molar-refractivity contribution >= 4 is 17.6 Å². The lowest BCUT2D eigenvalue weighted by Crippen LogP contribution is -2.31. The van der Waals surface area contributed by atoms with Gasteiger partial charge in [-0.1, -0.05) is 12.1 Å². The van der Waals surface area contributed by atoms with Crippen LogP contribution in [0.5, 0.6) is 0 Å². The molecule has 102 valence electrons. The second-order valence-electron chi connectivity index (χ2n) is 4.38. The van der Waals surface area contributed by atoms with Crippen LogP contribution in [0.2, 0.25) is 0 Å². The molecule has 1 aliphatic rings. The average molecular weight is 273 g/mol. The number of carbonyl (C=O) groups excluding carboxylic acids is 1. The fourth-order valence-corrected chi connectivity index (χ4v) is 1.74. The minimum atomic E-state index is -4.61. The van der Waals surface area contributed by atoms with Crippen molar-refractivity contribution in [1.82, 2.24) is 0 Å². The van der Waals surface area contributed by atoms with Crippen molar-refractivity contribution in [2.75, 3.05) is 5.32 Å². The van der Waals surface area contributed by atoms with Crippen molar-refractivity contribution in [3.63, 3.8) is 0 Å². The van der Waals surface area contributed by atoms with Crippen LogP contribution in [0.25, 0.3) is 0 Å². The highest BCUT2D eigenvalue weighted by atomic mass is 19.4. The standard InChI is InChI=1S/C12H10F3NO3/c13-12(14,15)7-3-1-2-4-8(7)16-9(17)11(5-6-11)10(18)19/h1-4H,5-6H2,(H,16,17)(H,18,19). The van der Waals surface area contributed by atoms with E-state index in [-0.39, 0.29) is 12.8 Å². The van der Waals surface area contributed by atoms with E-state index in [1.165, 1.54) is 12.1 Å². The molecule has 2 N–H and O–H groups in total. The van der Waals surface area contributed by atoms with Crippen LogP contribution < -0.4 is 5.32 Å². The van der Waals surface area contributed by atoms with Gasteiger partial charge in [-0.15, -0.1) is 0 Å². The van der Waals surface area contributed by atoms with Crippen LogP contribution >= 0.6 is 0 Å². The van der Waals surface area contributed by atoms with Gasteiger partial charge in [0.1, 0.15) is 5.41 Å². The van der Waals surface area contributed by atoms with Crippen molar-refractivity contribution in [2.45, 2.75) is 19.0 Å². The molecule has 0 aromatic heterocycles. The number of benzene rings is 1. The highest BCUT2D eigenvalue weighted by Crippen LogP contribution is 2.47. The molecule has 0 aliphatic heterocycles. The van der Waals surface area contributed by atoms with E-state index in [4.69, 9.17) is 5.11 Å². The Hall–Kier alpha value is -2.05. The Kier molecular flexibility index (Phi) is 3.00. The maximum absolute atomic E-state index is 12.7. The highest BCUT2D eigenvalue weighted by Gasteiger charge is 2.57. The topological polar surface area (TPSA) is 66.4 Å². The van der Waals surface area contributed by atoms with Crippen LogP contribution in [-0.4, -0.2) is 17.0 Å². The zero-order chi connectivity index (χ0) is 14.3. The summed E-state index contributed by atoms with van der Waals surface area (Å²) in [6, 6.07) is 4.46. The Labute approximate surface area is 106 Å². The molecule has 0 unspecified atom stereocenters. The van der Waals surface area contributed by atoms with E-state index in [0.29, 0.717) is 0 Å². The van der Waals surface area contributed by atoms with Crippen LogP contribution in [0.1, 0.15) is 18.4 Å². The molecule has 4 nitrogen and oxygen atoms in total. The first-order valence-electron chi connectivity index (χ1n) is 5.48. The summed E-state index contributed by atoms with van der Waals surface area (Å²) in [6.07, 6.45) is -4.32. The Balaban J connectivity index is 2.26. The van der Waals surface area contributed by atoms with Gasteiger partial charge in [-0.25, -0.2) is 0 Å². The molecular weight excluding hydrogens is 263 g/mol. The summed E-state index contributed by atoms with van der Waals surface area (Å²) in [5.74, 6) is -2.22. The first kappa shape index (κ1) is 13.4. The summed E-state index contributed by atoms with van der Waals surface area (Å²) in [5, 5.41) is 11.0.